The summed E-state index contributed by atoms with van der Waals surface area (Å²) in [4.78, 5) is 22.6. The first-order chi connectivity index (χ1) is 6.24. The molecule has 0 aromatic heterocycles. The summed E-state index contributed by atoms with van der Waals surface area (Å²) >= 11 is 0. The predicted molar refractivity (Wildman–Crippen MR) is 43.7 cm³/mol. The van der Waals surface area contributed by atoms with Crippen LogP contribution in [0.25, 0.3) is 0 Å². The second-order valence-corrected chi connectivity index (χ2v) is 4.46. The molecule has 4 bridgehead atoms. The molecule has 3 nitrogen and oxygen atoms in total. The molecule has 0 saturated heterocycles. The van der Waals surface area contributed by atoms with Crippen molar-refractivity contribution in [3.63, 3.8) is 0 Å². The number of ketones is 1. The molecule has 0 aliphatic heterocycles. The molecule has 5 atom stereocenters. The van der Waals surface area contributed by atoms with Crippen molar-refractivity contribution in [2.75, 3.05) is 7.11 Å². The summed E-state index contributed by atoms with van der Waals surface area (Å²) in [5.41, 5.74) is 0. The Labute approximate surface area is 76.4 Å². The molecule has 4 aliphatic carbocycles. The smallest absolute Gasteiger partial charge is 0.305 e. The maximum Gasteiger partial charge on any atom is 0.305 e. The molecule has 4 fully saturated rings. The Morgan fingerprint density at radius 1 is 1.62 bits per heavy atom. The normalized spacial score (nSPS) is 49.6. The van der Waals surface area contributed by atoms with E-state index in [4.69, 9.17) is 0 Å². The fourth-order valence-corrected chi connectivity index (χ4v) is 3.55. The second kappa shape index (κ2) is 2.14. The average molecular weight is 180 g/mol. The van der Waals surface area contributed by atoms with Crippen LogP contribution in [0, 0.1) is 29.6 Å². The molecule has 4 saturated carbocycles. The number of ether oxygens (including phenoxy) is 1. The van der Waals surface area contributed by atoms with Crippen LogP contribution in [0.5, 0.6) is 0 Å². The predicted octanol–water partition coefficient (Wildman–Crippen LogP) is 0.630. The number of methoxy groups -OCH3 is 1. The number of rotatable bonds is 2. The van der Waals surface area contributed by atoms with Crippen molar-refractivity contribution in [3.05, 3.63) is 0 Å². The van der Waals surface area contributed by atoms with Crippen LogP contribution in [-0.2, 0) is 14.3 Å². The molecular formula is C10H12O3. The molecule has 0 aromatic carbocycles. The van der Waals surface area contributed by atoms with Crippen molar-refractivity contribution >= 4 is 11.8 Å². The van der Waals surface area contributed by atoms with Gasteiger partial charge in [-0.2, -0.15) is 0 Å². The molecule has 0 heterocycles. The Balaban J connectivity index is 1.75. The van der Waals surface area contributed by atoms with E-state index in [9.17, 15) is 9.59 Å². The van der Waals surface area contributed by atoms with Crippen LogP contribution < -0.4 is 0 Å². The fourth-order valence-electron chi connectivity index (χ4n) is 3.55. The number of hydrogen-bond acceptors (Lipinski definition) is 3. The summed E-state index contributed by atoms with van der Waals surface area (Å²) in [7, 11) is 1.41. The third-order valence-corrected chi connectivity index (χ3v) is 4.09. The summed E-state index contributed by atoms with van der Waals surface area (Å²) in [6, 6.07) is 0. The summed E-state index contributed by atoms with van der Waals surface area (Å²) < 4.78 is 4.63. The lowest BCUT2D eigenvalue weighted by atomic mass is 9.94. The number of esters is 1. The molecule has 70 valence electrons. The Kier molecular flexibility index (Phi) is 1.24. The molecule has 3 heteroatoms. The van der Waals surface area contributed by atoms with Gasteiger partial charge < -0.3 is 4.74 Å². The van der Waals surface area contributed by atoms with Crippen molar-refractivity contribution < 1.29 is 14.3 Å². The standard InChI is InChI=1S/C10H12O3/c1-13-7(11)3-4-5-2-6-8(4)9(6)10(5)12/h4-6,8-9H,2-3H2,1H3/t4-,5-,6+,8+,9+/m0/s1. The minimum Gasteiger partial charge on any atom is -0.469 e. The molecule has 0 aromatic rings. The van der Waals surface area contributed by atoms with E-state index in [1.807, 2.05) is 0 Å². The van der Waals surface area contributed by atoms with Crippen molar-refractivity contribution in [1.29, 1.82) is 0 Å². The lowest BCUT2D eigenvalue weighted by molar-refractivity contribution is -0.142. The van der Waals surface area contributed by atoms with E-state index in [2.05, 4.69) is 4.74 Å². The van der Waals surface area contributed by atoms with Crippen LogP contribution in [0.2, 0.25) is 0 Å². The van der Waals surface area contributed by atoms with Gasteiger partial charge in [0.05, 0.1) is 7.11 Å². The van der Waals surface area contributed by atoms with E-state index in [-0.39, 0.29) is 11.9 Å². The average Bonchev–Trinajstić information content (AvgIpc) is 2.44. The van der Waals surface area contributed by atoms with Crippen LogP contribution in [0.1, 0.15) is 12.8 Å². The molecule has 4 aliphatic rings. The van der Waals surface area contributed by atoms with Crippen molar-refractivity contribution in [2.24, 2.45) is 29.6 Å². The Bertz CT molecular complexity index is 297. The van der Waals surface area contributed by atoms with Gasteiger partial charge in [0.25, 0.3) is 0 Å². The highest BCUT2D eigenvalue weighted by atomic mass is 16.5. The first-order valence-corrected chi connectivity index (χ1v) is 4.84. The Hall–Kier alpha value is -0.860. The van der Waals surface area contributed by atoms with E-state index >= 15 is 0 Å². The second-order valence-electron chi connectivity index (χ2n) is 4.46. The zero-order valence-electron chi connectivity index (χ0n) is 7.53. The van der Waals surface area contributed by atoms with Gasteiger partial charge in [-0.3, -0.25) is 9.59 Å². The van der Waals surface area contributed by atoms with Crippen molar-refractivity contribution in [1.82, 2.24) is 0 Å². The summed E-state index contributed by atoms with van der Waals surface area (Å²) in [5.74, 6) is 2.36. The molecule has 0 radical (unpaired) electrons. The number of hydrogen-bond donors (Lipinski definition) is 0. The SMILES string of the molecule is COC(=O)C[C@@H]1[C@@H]2[C@H]3C[C@@H]1C(=O)[C@H]32. The fraction of sp³-hybridized carbons (Fsp3) is 0.800. The van der Waals surface area contributed by atoms with Gasteiger partial charge in [-0.05, 0) is 24.2 Å². The van der Waals surface area contributed by atoms with E-state index < -0.39 is 0 Å². The first-order valence-electron chi connectivity index (χ1n) is 4.84. The van der Waals surface area contributed by atoms with E-state index in [1.165, 1.54) is 7.11 Å². The highest BCUT2D eigenvalue weighted by Gasteiger charge is 2.73. The van der Waals surface area contributed by atoms with Crippen molar-refractivity contribution in [3.8, 4) is 0 Å². The quantitative estimate of drug-likeness (QED) is 0.585. The van der Waals surface area contributed by atoms with Gasteiger partial charge in [0.2, 0.25) is 0 Å². The number of carbonyl (C=O) groups excluding carboxylic acids is 2. The van der Waals surface area contributed by atoms with E-state index in [0.717, 1.165) is 6.42 Å². The van der Waals surface area contributed by atoms with Gasteiger partial charge in [0, 0.05) is 18.3 Å². The lowest BCUT2D eigenvalue weighted by Crippen LogP contribution is -2.16. The van der Waals surface area contributed by atoms with Gasteiger partial charge in [-0.15, -0.1) is 0 Å². The van der Waals surface area contributed by atoms with Crippen molar-refractivity contribution in [2.45, 2.75) is 12.8 Å². The van der Waals surface area contributed by atoms with Gasteiger partial charge in [-0.1, -0.05) is 0 Å². The summed E-state index contributed by atoms with van der Waals surface area (Å²) in [5, 5.41) is 0. The highest BCUT2D eigenvalue weighted by molar-refractivity contribution is 5.93. The Morgan fingerprint density at radius 3 is 2.77 bits per heavy atom. The molecule has 0 spiro atoms. The van der Waals surface area contributed by atoms with Gasteiger partial charge in [0.1, 0.15) is 5.78 Å². The van der Waals surface area contributed by atoms with Crippen LogP contribution in [0.4, 0.5) is 0 Å². The minimum atomic E-state index is -0.156. The zero-order valence-corrected chi connectivity index (χ0v) is 7.53. The lowest BCUT2D eigenvalue weighted by Gasteiger charge is -2.10. The Morgan fingerprint density at radius 2 is 2.38 bits per heavy atom. The topological polar surface area (TPSA) is 43.4 Å². The third-order valence-electron chi connectivity index (χ3n) is 4.09. The minimum absolute atomic E-state index is 0.156. The van der Waals surface area contributed by atoms with E-state index in [0.29, 0.717) is 35.9 Å². The molecule has 13 heavy (non-hydrogen) atoms. The number of carbonyl (C=O) groups is 2. The van der Waals surface area contributed by atoms with Gasteiger partial charge >= 0.3 is 5.97 Å². The monoisotopic (exact) mass is 180 g/mol. The highest BCUT2D eigenvalue weighted by Crippen LogP contribution is 2.71. The number of Topliss-reactive ketones (excluding diaryl/α,β-unsaturated/α-hetero) is 1. The molecule has 0 N–H and O–H groups in total. The maximum atomic E-state index is 11.5. The van der Waals surface area contributed by atoms with Gasteiger partial charge in [-0.25, -0.2) is 0 Å². The van der Waals surface area contributed by atoms with Crippen LogP contribution in [0.3, 0.4) is 0 Å². The van der Waals surface area contributed by atoms with Crippen LogP contribution >= 0.6 is 0 Å². The van der Waals surface area contributed by atoms with Crippen LogP contribution in [0.15, 0.2) is 0 Å². The molecule has 0 unspecified atom stereocenters. The molecule has 4 rings (SSSR count). The summed E-state index contributed by atoms with van der Waals surface area (Å²) in [6.07, 6.45) is 1.51. The first kappa shape index (κ1) is 7.54. The third kappa shape index (κ3) is 0.754. The maximum absolute atomic E-state index is 11.5. The van der Waals surface area contributed by atoms with Crippen LogP contribution in [-0.4, -0.2) is 18.9 Å². The largest absolute Gasteiger partial charge is 0.469 e. The molecular weight excluding hydrogens is 168 g/mol. The zero-order chi connectivity index (χ0) is 9.16. The van der Waals surface area contributed by atoms with E-state index in [1.54, 1.807) is 0 Å². The molecule has 0 amide bonds. The summed E-state index contributed by atoms with van der Waals surface area (Å²) in [6.45, 7) is 0. The van der Waals surface area contributed by atoms with Gasteiger partial charge in [0.15, 0.2) is 0 Å².